The first-order valence-electron chi connectivity index (χ1n) is 11.5. The van der Waals surface area contributed by atoms with Gasteiger partial charge in [-0.15, -0.1) is 0 Å². The maximum Gasteiger partial charge on any atom is 0.326 e. The number of nitrogens with one attached hydrogen (secondary N) is 4. The lowest BCUT2D eigenvalue weighted by Gasteiger charge is -2.28. The van der Waals surface area contributed by atoms with Crippen molar-refractivity contribution < 1.29 is 24.3 Å². The van der Waals surface area contributed by atoms with Crippen LogP contribution in [0.4, 0.5) is 0 Å². The van der Waals surface area contributed by atoms with E-state index < -0.39 is 35.9 Å². The molecule has 0 bridgehead atoms. The molecular formula is C22H40N4O5S. The van der Waals surface area contributed by atoms with Gasteiger partial charge in [-0.2, -0.15) is 11.8 Å². The van der Waals surface area contributed by atoms with E-state index in [1.54, 1.807) is 0 Å². The summed E-state index contributed by atoms with van der Waals surface area (Å²) in [6.07, 6.45) is 4.84. The largest absolute Gasteiger partial charge is 0.480 e. The van der Waals surface area contributed by atoms with Gasteiger partial charge in [-0.3, -0.25) is 14.4 Å². The molecule has 1 aliphatic rings. The van der Waals surface area contributed by atoms with Crippen LogP contribution >= 0.6 is 11.8 Å². The van der Waals surface area contributed by atoms with Crippen LogP contribution in [0.5, 0.6) is 0 Å². The molecule has 5 unspecified atom stereocenters. The van der Waals surface area contributed by atoms with E-state index in [2.05, 4.69) is 21.3 Å². The average molecular weight is 473 g/mol. The van der Waals surface area contributed by atoms with Crippen LogP contribution in [0.3, 0.4) is 0 Å². The minimum Gasteiger partial charge on any atom is -0.480 e. The van der Waals surface area contributed by atoms with E-state index in [4.69, 9.17) is 0 Å². The molecule has 9 nitrogen and oxygen atoms in total. The predicted molar refractivity (Wildman–Crippen MR) is 126 cm³/mol. The number of carboxylic acids is 1. The second-order valence-electron chi connectivity index (χ2n) is 8.89. The summed E-state index contributed by atoms with van der Waals surface area (Å²) in [5, 5.41) is 20.7. The molecule has 32 heavy (non-hydrogen) atoms. The monoisotopic (exact) mass is 472 g/mol. The fraction of sp³-hybridized carbons (Fsp3) is 0.818. The van der Waals surface area contributed by atoms with Crippen LogP contribution in [-0.4, -0.2) is 71.5 Å². The van der Waals surface area contributed by atoms with Crippen LogP contribution in [0.25, 0.3) is 0 Å². The SMILES string of the molecule is CCC(C)C(NC(=O)C1CCCN1)C(=O)NC(CC(C)C)C(=O)NC(CCSC)C(=O)O. The lowest BCUT2D eigenvalue weighted by Crippen LogP contribution is -2.58. The topological polar surface area (TPSA) is 137 Å². The third-order valence-corrected chi connectivity index (χ3v) is 6.38. The van der Waals surface area contributed by atoms with Gasteiger partial charge in [0.15, 0.2) is 0 Å². The number of carboxylic acid groups (broad SMARTS) is 1. The standard InChI is InChI=1S/C22H40N4O5S/c1-6-14(4)18(26-19(27)15-8-7-10-23-15)21(29)25-17(12-13(2)3)20(28)24-16(22(30)31)9-11-32-5/h13-18,23H,6-12H2,1-5H3,(H,24,28)(H,25,29)(H,26,27)(H,30,31). The summed E-state index contributed by atoms with van der Waals surface area (Å²) in [6, 6.07) is -2.98. The van der Waals surface area contributed by atoms with Gasteiger partial charge < -0.3 is 26.4 Å². The second kappa shape index (κ2) is 14.4. The van der Waals surface area contributed by atoms with Gasteiger partial charge in [0.25, 0.3) is 0 Å². The minimum atomic E-state index is -1.10. The lowest BCUT2D eigenvalue weighted by atomic mass is 9.96. The molecule has 0 aromatic heterocycles. The van der Waals surface area contributed by atoms with Crippen LogP contribution in [0, 0.1) is 11.8 Å². The first-order valence-corrected chi connectivity index (χ1v) is 12.9. The summed E-state index contributed by atoms with van der Waals surface area (Å²) in [5.41, 5.74) is 0. The zero-order chi connectivity index (χ0) is 24.3. The van der Waals surface area contributed by atoms with E-state index in [0.717, 1.165) is 19.4 Å². The molecule has 0 aliphatic carbocycles. The highest BCUT2D eigenvalue weighted by Gasteiger charge is 2.33. The van der Waals surface area contributed by atoms with E-state index in [1.165, 1.54) is 11.8 Å². The molecule has 0 spiro atoms. The van der Waals surface area contributed by atoms with E-state index in [1.807, 2.05) is 34.0 Å². The number of hydrogen-bond donors (Lipinski definition) is 5. The Hall–Kier alpha value is -1.81. The van der Waals surface area contributed by atoms with Gasteiger partial charge in [0, 0.05) is 0 Å². The molecule has 1 heterocycles. The van der Waals surface area contributed by atoms with Gasteiger partial charge in [0.05, 0.1) is 6.04 Å². The molecule has 3 amide bonds. The van der Waals surface area contributed by atoms with Crippen molar-refractivity contribution in [2.45, 2.75) is 84.0 Å². The second-order valence-corrected chi connectivity index (χ2v) is 9.88. The van der Waals surface area contributed by atoms with Gasteiger partial charge in [0.1, 0.15) is 18.1 Å². The summed E-state index contributed by atoms with van der Waals surface area (Å²) in [5.74, 6) is -1.70. The van der Waals surface area contributed by atoms with Crippen molar-refractivity contribution in [1.29, 1.82) is 0 Å². The Bertz CT molecular complexity index is 640. The predicted octanol–water partition coefficient (Wildman–Crippen LogP) is 1.12. The Morgan fingerprint density at radius 1 is 1.06 bits per heavy atom. The maximum atomic E-state index is 13.1. The third-order valence-electron chi connectivity index (χ3n) is 5.74. The average Bonchev–Trinajstić information content (AvgIpc) is 3.28. The normalized spacial score (nSPS) is 19.6. The van der Waals surface area contributed by atoms with Gasteiger partial charge in [-0.1, -0.05) is 34.1 Å². The summed E-state index contributed by atoms with van der Waals surface area (Å²) >= 11 is 1.50. The number of hydrogen-bond acceptors (Lipinski definition) is 6. The lowest BCUT2D eigenvalue weighted by molar-refractivity contribution is -0.142. The first kappa shape index (κ1) is 28.2. The highest BCUT2D eigenvalue weighted by Crippen LogP contribution is 2.13. The van der Waals surface area contributed by atoms with Crippen molar-refractivity contribution >= 4 is 35.5 Å². The number of aliphatic carboxylic acids is 1. The van der Waals surface area contributed by atoms with Crippen LogP contribution in [0.15, 0.2) is 0 Å². The molecule has 184 valence electrons. The summed E-state index contributed by atoms with van der Waals surface area (Å²) in [6.45, 7) is 8.44. The molecule has 1 saturated heterocycles. The third kappa shape index (κ3) is 9.36. The minimum absolute atomic E-state index is 0.0971. The number of carbonyl (C=O) groups excluding carboxylic acids is 3. The Kier molecular flexibility index (Phi) is 12.7. The maximum absolute atomic E-state index is 13.1. The molecular weight excluding hydrogens is 432 g/mol. The van der Waals surface area contributed by atoms with Gasteiger partial charge >= 0.3 is 5.97 Å². The van der Waals surface area contributed by atoms with Gasteiger partial charge in [-0.05, 0) is 56.1 Å². The number of carbonyl (C=O) groups is 4. The summed E-state index contributed by atoms with van der Waals surface area (Å²) < 4.78 is 0. The van der Waals surface area contributed by atoms with Crippen LogP contribution in [0.2, 0.25) is 0 Å². The van der Waals surface area contributed by atoms with Crippen molar-refractivity contribution in [3.8, 4) is 0 Å². The smallest absolute Gasteiger partial charge is 0.326 e. The van der Waals surface area contributed by atoms with Crippen molar-refractivity contribution in [2.75, 3.05) is 18.6 Å². The van der Waals surface area contributed by atoms with Crippen LogP contribution in [-0.2, 0) is 19.2 Å². The molecule has 0 aromatic carbocycles. The van der Waals surface area contributed by atoms with Crippen molar-refractivity contribution in [3.05, 3.63) is 0 Å². The van der Waals surface area contributed by atoms with E-state index in [-0.39, 0.29) is 23.8 Å². The van der Waals surface area contributed by atoms with Crippen LogP contribution < -0.4 is 21.3 Å². The zero-order valence-electron chi connectivity index (χ0n) is 19.9. The van der Waals surface area contributed by atoms with E-state index in [9.17, 15) is 24.3 Å². The number of rotatable bonds is 14. The zero-order valence-corrected chi connectivity index (χ0v) is 20.7. The highest BCUT2D eigenvalue weighted by molar-refractivity contribution is 7.98. The molecule has 1 aliphatic heterocycles. The van der Waals surface area contributed by atoms with Crippen molar-refractivity contribution in [1.82, 2.24) is 21.3 Å². The first-order chi connectivity index (χ1) is 15.1. The molecule has 10 heteroatoms. The fourth-order valence-electron chi connectivity index (χ4n) is 3.59. The molecule has 0 saturated carbocycles. The molecule has 0 radical (unpaired) electrons. The molecule has 5 atom stereocenters. The van der Waals surface area contributed by atoms with E-state index in [0.29, 0.717) is 25.0 Å². The molecule has 1 rings (SSSR count). The van der Waals surface area contributed by atoms with Crippen LogP contribution in [0.1, 0.15) is 59.8 Å². The molecule has 0 aromatic rings. The molecule has 1 fully saturated rings. The van der Waals surface area contributed by atoms with Gasteiger partial charge in [-0.25, -0.2) is 4.79 Å². The summed E-state index contributed by atoms with van der Waals surface area (Å²) in [4.78, 5) is 50.2. The fourth-order valence-corrected chi connectivity index (χ4v) is 4.07. The Morgan fingerprint density at radius 3 is 2.22 bits per heavy atom. The number of thioether (sulfide) groups is 1. The Labute approximate surface area is 195 Å². The quantitative estimate of drug-likeness (QED) is 0.255. The summed E-state index contributed by atoms with van der Waals surface area (Å²) in [7, 11) is 0. The Balaban J connectivity index is 2.92. The van der Waals surface area contributed by atoms with Crippen molar-refractivity contribution in [3.63, 3.8) is 0 Å². The van der Waals surface area contributed by atoms with Crippen molar-refractivity contribution in [2.24, 2.45) is 11.8 Å². The van der Waals surface area contributed by atoms with E-state index >= 15 is 0 Å². The number of amides is 3. The van der Waals surface area contributed by atoms with Gasteiger partial charge in [0.2, 0.25) is 17.7 Å². The highest BCUT2D eigenvalue weighted by atomic mass is 32.2. The Morgan fingerprint density at radius 2 is 1.72 bits per heavy atom. The molecule has 5 N–H and O–H groups in total.